The van der Waals surface area contributed by atoms with Crippen LogP contribution in [0.2, 0.25) is 10.0 Å². The zero-order chi connectivity index (χ0) is 34.7. The Bertz CT molecular complexity index is 2250. The summed E-state index contributed by atoms with van der Waals surface area (Å²) in [5, 5.41) is 1.96. The molecule has 0 spiro atoms. The Kier molecular flexibility index (Phi) is 10.6. The molecule has 12 heteroatoms. The lowest BCUT2D eigenvalue weighted by Crippen LogP contribution is -2.40. The number of hydrogen-bond donors (Lipinski definition) is 0. The quantitative estimate of drug-likeness (QED) is 0.108. The third-order valence-electron chi connectivity index (χ3n) is 8.18. The summed E-state index contributed by atoms with van der Waals surface area (Å²) >= 11 is 13.7. The summed E-state index contributed by atoms with van der Waals surface area (Å²) in [5.74, 6) is 0.352. The standard InChI is InChI=1S/C37H35Cl2N3O6S/c1-5-15-47-34-26(10-8-12-30(34)46-4)33-32(36(44)48-17-16-45-3)22(2)40-37-42(33)35(43)31(49-37)19-24-21-41(29-11-7-6-9-25(24)29)20-23-13-14-27(38)28(39)18-23/h6-14,18-19,21,33H,5,15-17,20H2,1-4H3/b31-19+/t33-/m0/s1. The number of hydrogen-bond acceptors (Lipinski definition) is 8. The van der Waals surface area contributed by atoms with Crippen molar-refractivity contribution in [2.75, 3.05) is 34.0 Å². The molecular weight excluding hydrogens is 685 g/mol. The highest BCUT2D eigenvalue weighted by atomic mass is 35.5. The minimum absolute atomic E-state index is 0.0485. The molecular formula is C37H35Cl2N3O6S. The normalized spacial score (nSPS) is 14.6. The number of nitrogens with zero attached hydrogens (tertiary/aromatic N) is 3. The van der Waals surface area contributed by atoms with Crippen molar-refractivity contribution in [1.82, 2.24) is 9.13 Å². The Morgan fingerprint density at radius 1 is 1.02 bits per heavy atom. The van der Waals surface area contributed by atoms with Crippen molar-refractivity contribution in [1.29, 1.82) is 0 Å². The fourth-order valence-electron chi connectivity index (χ4n) is 5.94. The molecule has 0 N–H and O–H groups in total. The molecule has 0 amide bonds. The van der Waals surface area contributed by atoms with Crippen LogP contribution in [0.3, 0.4) is 0 Å². The largest absolute Gasteiger partial charge is 0.493 e. The molecule has 0 bridgehead atoms. The number of allylic oxidation sites excluding steroid dienone is 1. The maximum Gasteiger partial charge on any atom is 0.338 e. The molecule has 3 heterocycles. The fraction of sp³-hybridized carbons (Fsp3) is 0.270. The molecule has 2 aromatic heterocycles. The predicted octanol–water partition coefficient (Wildman–Crippen LogP) is 6.53. The molecule has 0 saturated carbocycles. The van der Waals surface area contributed by atoms with E-state index in [-0.39, 0.29) is 24.3 Å². The van der Waals surface area contributed by atoms with E-state index in [0.717, 1.165) is 28.5 Å². The van der Waals surface area contributed by atoms with Gasteiger partial charge in [0.05, 0.1) is 46.2 Å². The number of benzene rings is 3. The van der Waals surface area contributed by atoms with E-state index in [0.29, 0.717) is 55.3 Å². The van der Waals surface area contributed by atoms with Crippen LogP contribution in [0, 0.1) is 0 Å². The SMILES string of the molecule is CCCOc1c(OC)cccc1[C@H]1C(C(=O)OCCOC)=C(C)N=c2s/c(=C/c3cn(Cc4ccc(Cl)c(Cl)c4)c4ccccc34)c(=O)n21. The highest BCUT2D eigenvalue weighted by molar-refractivity contribution is 7.07. The third-order valence-corrected chi connectivity index (χ3v) is 9.90. The summed E-state index contributed by atoms with van der Waals surface area (Å²) in [6, 6.07) is 18.2. The van der Waals surface area contributed by atoms with Crippen LogP contribution in [0.5, 0.6) is 11.5 Å². The number of thiazole rings is 1. The predicted molar refractivity (Wildman–Crippen MR) is 193 cm³/mol. The van der Waals surface area contributed by atoms with Gasteiger partial charge in [-0.1, -0.05) is 77.9 Å². The topological polar surface area (TPSA) is 93.3 Å². The van der Waals surface area contributed by atoms with Gasteiger partial charge in [-0.25, -0.2) is 9.79 Å². The molecule has 49 heavy (non-hydrogen) atoms. The second-order valence-electron chi connectivity index (χ2n) is 11.4. The van der Waals surface area contributed by atoms with Crippen molar-refractivity contribution in [2.24, 2.45) is 4.99 Å². The lowest BCUT2D eigenvalue weighted by atomic mass is 9.94. The van der Waals surface area contributed by atoms with Gasteiger partial charge in [-0.05, 0) is 49.2 Å². The molecule has 0 fully saturated rings. The van der Waals surface area contributed by atoms with E-state index < -0.39 is 12.0 Å². The number of carbonyl (C=O) groups is 1. The summed E-state index contributed by atoms with van der Waals surface area (Å²) < 4.78 is 26.7. The number of methoxy groups -OCH3 is 2. The van der Waals surface area contributed by atoms with Crippen LogP contribution in [0.25, 0.3) is 17.0 Å². The zero-order valence-electron chi connectivity index (χ0n) is 27.5. The van der Waals surface area contributed by atoms with Crippen LogP contribution >= 0.6 is 34.5 Å². The van der Waals surface area contributed by atoms with Gasteiger partial charge >= 0.3 is 5.97 Å². The smallest absolute Gasteiger partial charge is 0.338 e. The minimum Gasteiger partial charge on any atom is -0.493 e. The van der Waals surface area contributed by atoms with E-state index in [1.54, 1.807) is 30.7 Å². The molecule has 0 aliphatic carbocycles. The number of carbonyl (C=O) groups excluding carboxylic acids is 1. The van der Waals surface area contributed by atoms with Crippen molar-refractivity contribution in [3.05, 3.63) is 125 Å². The Hall–Kier alpha value is -4.35. The zero-order valence-corrected chi connectivity index (χ0v) is 29.8. The molecule has 254 valence electrons. The average molecular weight is 721 g/mol. The van der Waals surface area contributed by atoms with E-state index in [2.05, 4.69) is 4.57 Å². The Balaban J connectivity index is 1.52. The highest BCUT2D eigenvalue weighted by Crippen LogP contribution is 2.41. The molecule has 1 aliphatic rings. The summed E-state index contributed by atoms with van der Waals surface area (Å²) in [4.78, 5) is 33.4. The van der Waals surface area contributed by atoms with Crippen LogP contribution < -0.4 is 24.4 Å². The van der Waals surface area contributed by atoms with Gasteiger partial charge in [-0.15, -0.1) is 0 Å². The fourth-order valence-corrected chi connectivity index (χ4v) is 7.29. The first-order valence-electron chi connectivity index (χ1n) is 15.8. The van der Waals surface area contributed by atoms with Gasteiger partial charge in [0, 0.05) is 41.9 Å². The number of esters is 1. The van der Waals surface area contributed by atoms with Crippen molar-refractivity contribution in [3.63, 3.8) is 0 Å². The summed E-state index contributed by atoms with van der Waals surface area (Å²) in [6.45, 7) is 5.00. The number of halogens is 2. The summed E-state index contributed by atoms with van der Waals surface area (Å²) in [6.07, 6.45) is 4.65. The summed E-state index contributed by atoms with van der Waals surface area (Å²) in [5.41, 5.74) is 3.82. The van der Waals surface area contributed by atoms with E-state index >= 15 is 0 Å². The first kappa shape index (κ1) is 34.5. The molecule has 5 aromatic rings. The van der Waals surface area contributed by atoms with Gasteiger partial charge in [0.1, 0.15) is 12.6 Å². The van der Waals surface area contributed by atoms with Crippen molar-refractivity contribution < 1.29 is 23.7 Å². The lowest BCUT2D eigenvalue weighted by Gasteiger charge is -2.27. The maximum absolute atomic E-state index is 14.5. The summed E-state index contributed by atoms with van der Waals surface area (Å²) in [7, 11) is 3.09. The minimum atomic E-state index is -0.883. The average Bonchev–Trinajstić information content (AvgIpc) is 3.60. The van der Waals surface area contributed by atoms with Crippen molar-refractivity contribution in [2.45, 2.75) is 32.9 Å². The molecule has 0 unspecified atom stereocenters. The van der Waals surface area contributed by atoms with Gasteiger partial charge in [0.15, 0.2) is 16.3 Å². The first-order valence-corrected chi connectivity index (χ1v) is 17.3. The van der Waals surface area contributed by atoms with E-state index in [9.17, 15) is 9.59 Å². The van der Waals surface area contributed by atoms with E-state index in [1.165, 1.54) is 18.4 Å². The monoisotopic (exact) mass is 719 g/mol. The third kappa shape index (κ3) is 6.91. The molecule has 9 nitrogen and oxygen atoms in total. The molecule has 0 radical (unpaired) electrons. The van der Waals surface area contributed by atoms with Crippen LogP contribution in [0.1, 0.15) is 43.0 Å². The molecule has 1 atom stereocenters. The van der Waals surface area contributed by atoms with E-state index in [1.807, 2.05) is 67.7 Å². The molecule has 0 saturated heterocycles. The van der Waals surface area contributed by atoms with Crippen LogP contribution in [0.15, 0.2) is 87.9 Å². The second kappa shape index (κ2) is 15.0. The number of aromatic nitrogens is 2. The van der Waals surface area contributed by atoms with Gasteiger partial charge in [-0.3, -0.25) is 9.36 Å². The van der Waals surface area contributed by atoms with Crippen LogP contribution in [0.4, 0.5) is 0 Å². The van der Waals surface area contributed by atoms with Crippen LogP contribution in [-0.2, 0) is 20.8 Å². The van der Waals surface area contributed by atoms with Crippen LogP contribution in [-0.4, -0.2) is 49.1 Å². The van der Waals surface area contributed by atoms with Crippen molar-refractivity contribution in [3.8, 4) is 11.5 Å². The van der Waals surface area contributed by atoms with Crippen molar-refractivity contribution >= 4 is 57.5 Å². The second-order valence-corrected chi connectivity index (χ2v) is 13.2. The van der Waals surface area contributed by atoms with Gasteiger partial charge in [0.25, 0.3) is 5.56 Å². The first-order chi connectivity index (χ1) is 23.7. The number of ether oxygens (including phenoxy) is 4. The highest BCUT2D eigenvalue weighted by Gasteiger charge is 2.36. The van der Waals surface area contributed by atoms with Gasteiger partial charge in [0.2, 0.25) is 0 Å². The van der Waals surface area contributed by atoms with E-state index in [4.69, 9.17) is 47.1 Å². The molecule has 6 rings (SSSR count). The number of rotatable bonds is 12. The molecule has 1 aliphatic heterocycles. The Morgan fingerprint density at radius 2 is 1.84 bits per heavy atom. The van der Waals surface area contributed by atoms with Gasteiger partial charge < -0.3 is 23.5 Å². The Morgan fingerprint density at radius 3 is 2.59 bits per heavy atom. The number of para-hydroxylation sites is 2. The maximum atomic E-state index is 14.5. The lowest BCUT2D eigenvalue weighted by molar-refractivity contribution is -0.140. The molecule has 3 aromatic carbocycles. The van der Waals surface area contributed by atoms with Gasteiger partial charge in [-0.2, -0.15) is 0 Å². The number of fused-ring (bicyclic) bond motifs is 2. The Labute approximate surface area is 297 Å².